The van der Waals surface area contributed by atoms with E-state index in [1.807, 2.05) is 49.4 Å². The molecule has 0 aromatic heterocycles. The Kier molecular flexibility index (Phi) is 16.4. The van der Waals surface area contributed by atoms with Gasteiger partial charge in [0.1, 0.15) is 29.3 Å². The third-order valence-electron chi connectivity index (χ3n) is 7.76. The molecule has 11 nitrogen and oxygen atoms in total. The maximum absolute atomic E-state index is 14.6. The minimum Gasteiger partial charge on any atom is -0.458 e. The fourth-order valence-electron chi connectivity index (χ4n) is 5.49. The van der Waals surface area contributed by atoms with Crippen molar-refractivity contribution in [3.8, 4) is 0 Å². The van der Waals surface area contributed by atoms with E-state index in [4.69, 9.17) is 15.2 Å². The van der Waals surface area contributed by atoms with Gasteiger partial charge in [-0.15, -0.1) is 0 Å². The highest BCUT2D eigenvalue weighted by Crippen LogP contribution is 2.27. The van der Waals surface area contributed by atoms with Gasteiger partial charge in [0.05, 0.1) is 6.42 Å². The van der Waals surface area contributed by atoms with Crippen molar-refractivity contribution in [1.82, 2.24) is 15.5 Å². The summed E-state index contributed by atoms with van der Waals surface area (Å²) in [5, 5.41) is 5.43. The molecule has 0 fully saturated rings. The second-order valence-electron chi connectivity index (χ2n) is 14.7. The van der Waals surface area contributed by atoms with Crippen molar-refractivity contribution in [2.24, 2.45) is 5.73 Å². The topological polar surface area (TPSA) is 157 Å². The molecule has 4 amide bonds. The first-order chi connectivity index (χ1) is 23.4. The third-order valence-corrected chi connectivity index (χ3v) is 7.76. The average molecular weight is 695 g/mol. The molecule has 276 valence electrons. The summed E-state index contributed by atoms with van der Waals surface area (Å²) in [4.78, 5) is 69.2. The molecule has 0 spiro atoms. The Bertz CT molecular complexity index is 1420. The Balaban J connectivity index is 2.64. The van der Waals surface area contributed by atoms with Gasteiger partial charge in [-0.1, -0.05) is 93.6 Å². The van der Waals surface area contributed by atoms with Crippen molar-refractivity contribution in [3.05, 3.63) is 71.3 Å². The van der Waals surface area contributed by atoms with Gasteiger partial charge < -0.3 is 30.7 Å². The van der Waals surface area contributed by atoms with E-state index in [0.717, 1.165) is 43.2 Å². The molecule has 0 radical (unpaired) electrons. The van der Waals surface area contributed by atoms with Crippen molar-refractivity contribution < 1.29 is 33.4 Å². The molecular formula is C39H58N4O7. The number of primary amides is 1. The number of benzene rings is 2. The van der Waals surface area contributed by atoms with Crippen molar-refractivity contribution in [1.29, 1.82) is 0 Å². The van der Waals surface area contributed by atoms with Crippen LogP contribution >= 0.6 is 0 Å². The molecule has 4 N–H and O–H groups in total. The van der Waals surface area contributed by atoms with Crippen LogP contribution in [0, 0.1) is 6.92 Å². The molecule has 50 heavy (non-hydrogen) atoms. The van der Waals surface area contributed by atoms with Gasteiger partial charge in [0.15, 0.2) is 0 Å². The van der Waals surface area contributed by atoms with Gasteiger partial charge in [0, 0.05) is 13.0 Å². The summed E-state index contributed by atoms with van der Waals surface area (Å²) in [6.45, 7) is 14.4. The van der Waals surface area contributed by atoms with E-state index in [2.05, 4.69) is 17.6 Å². The Labute approximate surface area is 298 Å². The number of esters is 1. The van der Waals surface area contributed by atoms with Crippen LogP contribution in [-0.2, 0) is 35.1 Å². The maximum Gasteiger partial charge on any atom is 0.408 e. The molecule has 2 rings (SSSR count). The van der Waals surface area contributed by atoms with Crippen LogP contribution in [0.15, 0.2) is 54.6 Å². The molecule has 2 aromatic carbocycles. The highest BCUT2D eigenvalue weighted by atomic mass is 16.6. The predicted octanol–water partition coefficient (Wildman–Crippen LogP) is 6.06. The first-order valence-electron chi connectivity index (χ1n) is 17.6. The summed E-state index contributed by atoms with van der Waals surface area (Å²) in [6.07, 6.45) is 4.23. The number of carbonyl (C=O) groups is 5. The van der Waals surface area contributed by atoms with E-state index in [-0.39, 0.29) is 13.0 Å². The number of hydrogen-bond acceptors (Lipinski definition) is 7. The van der Waals surface area contributed by atoms with Gasteiger partial charge >= 0.3 is 12.1 Å². The zero-order valence-corrected chi connectivity index (χ0v) is 31.2. The fourth-order valence-corrected chi connectivity index (χ4v) is 5.49. The molecule has 3 unspecified atom stereocenters. The van der Waals surface area contributed by atoms with E-state index >= 15 is 0 Å². The molecule has 0 heterocycles. The number of rotatable bonds is 18. The van der Waals surface area contributed by atoms with E-state index in [1.165, 1.54) is 4.90 Å². The summed E-state index contributed by atoms with van der Waals surface area (Å²) in [5.74, 6) is -2.72. The molecule has 0 saturated heterocycles. The molecule has 0 aliphatic carbocycles. The molecule has 0 aliphatic rings. The highest BCUT2D eigenvalue weighted by molar-refractivity contribution is 5.95. The van der Waals surface area contributed by atoms with Crippen LogP contribution in [0.25, 0.3) is 0 Å². The molecular weight excluding hydrogens is 636 g/mol. The van der Waals surface area contributed by atoms with E-state index in [1.54, 1.807) is 53.7 Å². The van der Waals surface area contributed by atoms with E-state index in [0.29, 0.717) is 12.0 Å². The highest BCUT2D eigenvalue weighted by Gasteiger charge is 2.39. The number of hydrogen-bond donors (Lipinski definition) is 3. The summed E-state index contributed by atoms with van der Waals surface area (Å²) >= 11 is 0. The summed E-state index contributed by atoms with van der Waals surface area (Å²) in [6, 6.07) is 12.7. The number of amides is 4. The first kappa shape index (κ1) is 41.8. The molecule has 0 bridgehead atoms. The number of aryl methyl sites for hydroxylation is 1. The van der Waals surface area contributed by atoms with Crippen LogP contribution in [0.1, 0.15) is 116 Å². The van der Waals surface area contributed by atoms with E-state index < -0.39 is 65.5 Å². The van der Waals surface area contributed by atoms with Crippen LogP contribution in [0.5, 0.6) is 0 Å². The van der Waals surface area contributed by atoms with Crippen molar-refractivity contribution >= 4 is 29.8 Å². The number of carbonyl (C=O) groups excluding carboxylic acids is 5. The lowest BCUT2D eigenvalue weighted by Gasteiger charge is -2.36. The average Bonchev–Trinajstić information content (AvgIpc) is 3.00. The fraction of sp³-hybridized carbons (Fsp3) is 0.564. The second kappa shape index (κ2) is 19.7. The van der Waals surface area contributed by atoms with Crippen molar-refractivity contribution in [3.63, 3.8) is 0 Å². The molecule has 3 atom stereocenters. The Morgan fingerprint density at radius 3 is 1.92 bits per heavy atom. The van der Waals surface area contributed by atoms with Crippen LogP contribution in [-0.4, -0.2) is 64.5 Å². The number of ether oxygens (including phenoxy) is 2. The van der Waals surface area contributed by atoms with Gasteiger partial charge in [-0.25, -0.2) is 9.59 Å². The summed E-state index contributed by atoms with van der Waals surface area (Å²) in [5.41, 5.74) is 5.94. The molecule has 11 heteroatoms. The second-order valence-corrected chi connectivity index (χ2v) is 14.7. The zero-order valence-electron chi connectivity index (χ0n) is 31.2. The van der Waals surface area contributed by atoms with Crippen LogP contribution in [0.2, 0.25) is 0 Å². The van der Waals surface area contributed by atoms with Gasteiger partial charge in [0.25, 0.3) is 0 Å². The normalized spacial score (nSPS) is 13.4. The monoisotopic (exact) mass is 694 g/mol. The minimum atomic E-state index is -1.41. The van der Waals surface area contributed by atoms with Crippen molar-refractivity contribution in [2.75, 3.05) is 6.54 Å². The zero-order chi connectivity index (χ0) is 37.5. The number of nitrogens with zero attached hydrogens (tertiary/aromatic N) is 1. The predicted molar refractivity (Wildman–Crippen MR) is 194 cm³/mol. The number of unbranched alkanes of at least 4 members (excludes halogenated alkanes) is 5. The molecule has 2 aromatic rings. The minimum absolute atomic E-state index is 0.137. The van der Waals surface area contributed by atoms with Crippen LogP contribution < -0.4 is 16.4 Å². The largest absolute Gasteiger partial charge is 0.458 e. The van der Waals surface area contributed by atoms with Crippen LogP contribution in [0.3, 0.4) is 0 Å². The Hall–Kier alpha value is -4.41. The standard InChI is InChI=1S/C39H58N4O7/c1-9-10-11-12-13-19-24-43(35(46)30(26-32(40)44)42-37(48)50-39(6,7)8)33(29-23-18-17-20-27(29)2)34(45)41-31(36(47)49-38(3,4)5)25-28-21-15-14-16-22-28/h14-18,20-23,30-31,33H,9-13,19,24-26H2,1-8H3,(H2,40,44)(H,41,45)(H,42,48). The number of alkyl carbamates (subject to hydrolysis) is 1. The summed E-state index contributed by atoms with van der Waals surface area (Å²) < 4.78 is 11.1. The number of nitrogens with two attached hydrogens (primary N) is 1. The molecule has 0 aliphatic heterocycles. The van der Waals surface area contributed by atoms with Gasteiger partial charge in [-0.2, -0.15) is 0 Å². The van der Waals surface area contributed by atoms with Gasteiger partial charge in [-0.05, 0) is 71.6 Å². The lowest BCUT2D eigenvalue weighted by molar-refractivity contribution is -0.159. The third kappa shape index (κ3) is 15.0. The lowest BCUT2D eigenvalue weighted by Crippen LogP contribution is -2.56. The van der Waals surface area contributed by atoms with Crippen molar-refractivity contribution in [2.45, 2.75) is 136 Å². The number of nitrogens with one attached hydrogen (secondary N) is 2. The van der Waals surface area contributed by atoms with Gasteiger partial charge in [0.2, 0.25) is 17.7 Å². The first-order valence-corrected chi connectivity index (χ1v) is 17.6. The smallest absolute Gasteiger partial charge is 0.408 e. The Morgan fingerprint density at radius 1 is 0.760 bits per heavy atom. The molecule has 0 saturated carbocycles. The van der Waals surface area contributed by atoms with Gasteiger partial charge in [-0.3, -0.25) is 14.4 Å². The lowest BCUT2D eigenvalue weighted by atomic mass is 9.96. The van der Waals surface area contributed by atoms with E-state index in [9.17, 15) is 24.0 Å². The Morgan fingerprint density at radius 2 is 1.34 bits per heavy atom. The summed E-state index contributed by atoms with van der Waals surface area (Å²) in [7, 11) is 0. The maximum atomic E-state index is 14.6. The SMILES string of the molecule is CCCCCCCCN(C(=O)C(CC(N)=O)NC(=O)OC(C)(C)C)C(C(=O)NC(Cc1ccccc1)C(=O)OC(C)(C)C)c1ccccc1C. The van der Waals surface area contributed by atoms with Crippen LogP contribution in [0.4, 0.5) is 4.79 Å². The quantitative estimate of drug-likeness (QED) is 0.126.